The monoisotopic (exact) mass is 441 g/mol. The van der Waals surface area contributed by atoms with E-state index in [4.69, 9.17) is 4.74 Å². The summed E-state index contributed by atoms with van der Waals surface area (Å²) < 4.78 is 19.3. The fourth-order valence-electron chi connectivity index (χ4n) is 4.06. The minimum atomic E-state index is -0.933. The number of aromatic nitrogens is 1. The van der Waals surface area contributed by atoms with Crippen molar-refractivity contribution in [3.8, 4) is 17.0 Å². The fraction of sp³-hybridized carbons (Fsp3) is 0.621. The fourth-order valence-corrected chi connectivity index (χ4v) is 4.06. The number of hydrogen-bond acceptors (Lipinski definition) is 2. The summed E-state index contributed by atoms with van der Waals surface area (Å²) >= 11 is 0. The van der Waals surface area contributed by atoms with Crippen LogP contribution < -0.4 is 4.74 Å². The zero-order valence-electron chi connectivity index (χ0n) is 20.6. The molecule has 0 N–H and O–H groups in total. The lowest BCUT2D eigenvalue weighted by atomic mass is 10.0. The predicted octanol–water partition coefficient (Wildman–Crippen LogP) is 8.98. The highest BCUT2D eigenvalue weighted by Gasteiger charge is 2.10. The first kappa shape index (κ1) is 26.4. The van der Waals surface area contributed by atoms with Crippen LogP contribution in [0.2, 0.25) is 0 Å². The summed E-state index contributed by atoms with van der Waals surface area (Å²) in [6.07, 6.45) is 16.2. The van der Waals surface area contributed by atoms with E-state index in [1.807, 2.05) is 26.0 Å². The second kappa shape index (κ2) is 15.8. The molecule has 178 valence electrons. The molecule has 0 aliphatic rings. The van der Waals surface area contributed by atoms with Gasteiger partial charge in [-0.25, -0.2) is 4.39 Å². The minimum Gasteiger partial charge on any atom is -0.489 e. The van der Waals surface area contributed by atoms with E-state index < -0.39 is 6.17 Å². The second-order valence-electron chi connectivity index (χ2n) is 9.55. The van der Waals surface area contributed by atoms with Crippen LogP contribution in [0.25, 0.3) is 11.3 Å². The van der Waals surface area contributed by atoms with Gasteiger partial charge in [-0.3, -0.25) is 4.98 Å². The van der Waals surface area contributed by atoms with E-state index in [0.29, 0.717) is 18.1 Å². The number of pyridine rings is 1. The summed E-state index contributed by atoms with van der Waals surface area (Å²) in [7, 11) is 0. The zero-order valence-corrected chi connectivity index (χ0v) is 20.6. The summed E-state index contributed by atoms with van der Waals surface area (Å²) in [5.74, 6) is 0.958. The normalized spacial score (nSPS) is 12.3. The Morgan fingerprint density at radius 2 is 1.44 bits per heavy atom. The van der Waals surface area contributed by atoms with Gasteiger partial charge < -0.3 is 4.74 Å². The molecular formula is C29H44FNO. The van der Waals surface area contributed by atoms with Gasteiger partial charge in [0.15, 0.2) is 0 Å². The molecule has 0 bridgehead atoms. The van der Waals surface area contributed by atoms with Crippen molar-refractivity contribution < 1.29 is 9.13 Å². The third-order valence-electron chi connectivity index (χ3n) is 5.96. The quantitative estimate of drug-likeness (QED) is 0.228. The Hall–Kier alpha value is -1.90. The summed E-state index contributed by atoms with van der Waals surface area (Å²) in [4.78, 5) is 4.50. The van der Waals surface area contributed by atoms with E-state index in [1.54, 1.807) is 6.20 Å². The van der Waals surface area contributed by atoms with E-state index in [9.17, 15) is 4.39 Å². The summed E-state index contributed by atoms with van der Waals surface area (Å²) in [5, 5.41) is 0. The molecule has 1 aromatic heterocycles. The van der Waals surface area contributed by atoms with E-state index in [-0.39, 0.29) is 6.61 Å². The van der Waals surface area contributed by atoms with Crippen molar-refractivity contribution in [2.45, 2.75) is 104 Å². The van der Waals surface area contributed by atoms with Crippen LogP contribution in [0.15, 0.2) is 42.6 Å². The maximum Gasteiger partial charge on any atom is 0.137 e. The molecule has 0 aliphatic carbocycles. The van der Waals surface area contributed by atoms with Crippen molar-refractivity contribution in [3.05, 3.63) is 48.2 Å². The first-order valence-corrected chi connectivity index (χ1v) is 12.9. The molecule has 0 fully saturated rings. The lowest BCUT2D eigenvalue weighted by Crippen LogP contribution is -2.15. The SMILES string of the molecule is CCCCCCCCCCCCc1ccc(-c2ccc(OCC(F)CC(C)C)cn2)cc1. The van der Waals surface area contributed by atoms with Gasteiger partial charge in [0.1, 0.15) is 18.5 Å². The highest BCUT2D eigenvalue weighted by Crippen LogP contribution is 2.21. The van der Waals surface area contributed by atoms with Crippen molar-refractivity contribution in [2.75, 3.05) is 6.61 Å². The van der Waals surface area contributed by atoms with Crippen LogP contribution in [0.5, 0.6) is 5.75 Å². The Morgan fingerprint density at radius 3 is 2.00 bits per heavy atom. The van der Waals surface area contributed by atoms with Crippen LogP contribution >= 0.6 is 0 Å². The average molecular weight is 442 g/mol. The molecule has 0 saturated carbocycles. The third-order valence-corrected chi connectivity index (χ3v) is 5.96. The minimum absolute atomic E-state index is 0.0901. The number of aryl methyl sites for hydroxylation is 1. The van der Waals surface area contributed by atoms with E-state index >= 15 is 0 Å². The molecule has 0 spiro atoms. The Labute approximate surface area is 196 Å². The molecule has 32 heavy (non-hydrogen) atoms. The van der Waals surface area contributed by atoms with E-state index in [2.05, 4.69) is 36.2 Å². The van der Waals surface area contributed by atoms with Crippen molar-refractivity contribution in [1.82, 2.24) is 4.98 Å². The smallest absolute Gasteiger partial charge is 0.137 e. The van der Waals surface area contributed by atoms with Crippen LogP contribution in [0.4, 0.5) is 4.39 Å². The van der Waals surface area contributed by atoms with Gasteiger partial charge >= 0.3 is 0 Å². The first-order valence-electron chi connectivity index (χ1n) is 12.9. The highest BCUT2D eigenvalue weighted by atomic mass is 19.1. The maximum atomic E-state index is 13.8. The molecule has 3 heteroatoms. The van der Waals surface area contributed by atoms with Gasteiger partial charge in [-0.05, 0) is 42.9 Å². The molecule has 1 heterocycles. The van der Waals surface area contributed by atoms with Gasteiger partial charge in [-0.2, -0.15) is 0 Å². The number of rotatable bonds is 17. The molecule has 0 amide bonds. The molecule has 0 saturated heterocycles. The Balaban J connectivity index is 1.64. The highest BCUT2D eigenvalue weighted by molar-refractivity contribution is 5.59. The second-order valence-corrected chi connectivity index (χ2v) is 9.55. The number of halogens is 1. The summed E-state index contributed by atoms with van der Waals surface area (Å²) in [5.41, 5.74) is 3.42. The molecule has 2 rings (SSSR count). The largest absolute Gasteiger partial charge is 0.489 e. The Bertz CT molecular complexity index is 711. The Kier molecular flexibility index (Phi) is 13.0. The third kappa shape index (κ3) is 11.1. The summed E-state index contributed by atoms with van der Waals surface area (Å²) in [6.45, 7) is 6.40. The van der Waals surface area contributed by atoms with Crippen molar-refractivity contribution >= 4 is 0 Å². The van der Waals surface area contributed by atoms with Crippen LogP contribution in [0, 0.1) is 5.92 Å². The number of unbranched alkanes of at least 4 members (excludes halogenated alkanes) is 9. The molecular weight excluding hydrogens is 397 g/mol. The predicted molar refractivity (Wildman–Crippen MR) is 135 cm³/mol. The van der Waals surface area contributed by atoms with Crippen molar-refractivity contribution in [2.24, 2.45) is 5.92 Å². The van der Waals surface area contributed by atoms with Crippen LogP contribution in [0.1, 0.15) is 97.0 Å². The maximum absolute atomic E-state index is 13.8. The number of hydrogen-bond donors (Lipinski definition) is 0. The number of benzene rings is 1. The van der Waals surface area contributed by atoms with Crippen LogP contribution in [-0.4, -0.2) is 17.8 Å². The zero-order chi connectivity index (χ0) is 23.0. The molecule has 1 unspecified atom stereocenters. The van der Waals surface area contributed by atoms with Crippen LogP contribution in [0.3, 0.4) is 0 Å². The molecule has 0 aliphatic heterocycles. The average Bonchev–Trinajstić information content (AvgIpc) is 2.79. The number of ether oxygens (including phenoxy) is 1. The van der Waals surface area contributed by atoms with Gasteiger partial charge in [-0.15, -0.1) is 0 Å². The van der Waals surface area contributed by atoms with Gasteiger partial charge in [0.05, 0.1) is 11.9 Å². The topological polar surface area (TPSA) is 22.1 Å². The molecule has 2 nitrogen and oxygen atoms in total. The van der Waals surface area contributed by atoms with Gasteiger partial charge in [0.25, 0.3) is 0 Å². The lowest BCUT2D eigenvalue weighted by molar-refractivity contribution is 0.173. The molecule has 1 aromatic carbocycles. The van der Waals surface area contributed by atoms with Gasteiger partial charge in [-0.1, -0.05) is 103 Å². The number of nitrogens with zero attached hydrogens (tertiary/aromatic N) is 1. The van der Waals surface area contributed by atoms with Crippen molar-refractivity contribution in [3.63, 3.8) is 0 Å². The molecule has 2 aromatic rings. The van der Waals surface area contributed by atoms with Gasteiger partial charge in [0, 0.05) is 5.56 Å². The van der Waals surface area contributed by atoms with Crippen molar-refractivity contribution in [1.29, 1.82) is 0 Å². The Morgan fingerprint density at radius 1 is 0.812 bits per heavy atom. The first-order chi connectivity index (χ1) is 15.6. The number of alkyl halides is 1. The van der Waals surface area contributed by atoms with E-state index in [1.165, 1.54) is 69.8 Å². The molecule has 0 radical (unpaired) electrons. The van der Waals surface area contributed by atoms with Crippen LogP contribution in [-0.2, 0) is 6.42 Å². The lowest BCUT2D eigenvalue weighted by Gasteiger charge is -2.12. The molecule has 1 atom stereocenters. The standard InChI is InChI=1S/C29H44FNO/c1-4-5-6-7-8-9-10-11-12-13-14-25-15-17-26(18-16-25)29-20-19-28(22-31-29)32-23-27(30)21-24(2)3/h15-20,22,24,27H,4-14,21,23H2,1-3H3. The van der Waals surface area contributed by atoms with E-state index in [0.717, 1.165) is 17.7 Å². The van der Waals surface area contributed by atoms with Gasteiger partial charge in [0.2, 0.25) is 0 Å². The summed E-state index contributed by atoms with van der Waals surface area (Å²) in [6, 6.07) is 12.6.